The highest BCUT2D eigenvalue weighted by Gasteiger charge is 2.04. The largest absolute Gasteiger partial charge is 0.506 e. The van der Waals surface area contributed by atoms with Gasteiger partial charge in [0.05, 0.1) is 12.3 Å². The first kappa shape index (κ1) is 15.7. The Bertz CT molecular complexity index is 629. The highest BCUT2D eigenvalue weighted by molar-refractivity contribution is 5.90. The van der Waals surface area contributed by atoms with Crippen molar-refractivity contribution < 1.29 is 14.6 Å². The van der Waals surface area contributed by atoms with E-state index in [4.69, 9.17) is 4.74 Å². The fraction of sp³-hybridized carbons (Fsp3) is 0.235. The minimum absolute atomic E-state index is 0.0422. The third kappa shape index (κ3) is 4.70. The van der Waals surface area contributed by atoms with E-state index < -0.39 is 0 Å². The maximum Gasteiger partial charge on any atom is 0.319 e. The molecule has 0 aliphatic heterocycles. The van der Waals surface area contributed by atoms with Gasteiger partial charge in [-0.1, -0.05) is 30.3 Å². The van der Waals surface area contributed by atoms with Crippen LogP contribution < -0.4 is 15.4 Å². The molecule has 0 unspecified atom stereocenters. The first-order valence-corrected chi connectivity index (χ1v) is 7.18. The van der Waals surface area contributed by atoms with Crippen molar-refractivity contribution >= 4 is 11.7 Å². The Hall–Kier alpha value is -2.69. The predicted octanol–water partition coefficient (Wildman–Crippen LogP) is 3.29. The van der Waals surface area contributed by atoms with Crippen LogP contribution >= 0.6 is 0 Å². The van der Waals surface area contributed by atoms with Crippen LogP contribution in [0.2, 0.25) is 0 Å². The van der Waals surface area contributed by atoms with E-state index in [2.05, 4.69) is 10.6 Å². The third-order valence-electron chi connectivity index (χ3n) is 3.11. The number of aryl methyl sites for hydroxylation is 1. The quantitative estimate of drug-likeness (QED) is 0.566. The summed E-state index contributed by atoms with van der Waals surface area (Å²) in [5, 5.41) is 14.9. The second-order valence-electron chi connectivity index (χ2n) is 4.87. The van der Waals surface area contributed by atoms with Crippen molar-refractivity contribution in [2.75, 3.05) is 18.5 Å². The van der Waals surface area contributed by atoms with Gasteiger partial charge in [-0.3, -0.25) is 0 Å². The molecule has 0 aromatic heterocycles. The third-order valence-corrected chi connectivity index (χ3v) is 3.11. The standard InChI is InChI=1S/C17H20N2O3/c1-13-7-2-5-10-16(13)22-12-6-11-18-17(21)19-14-8-3-4-9-15(14)20/h2-5,7-10,20H,6,11-12H2,1H3,(H2,18,19,21). The molecule has 0 aliphatic rings. The SMILES string of the molecule is Cc1ccccc1OCCCNC(=O)Nc1ccccc1O. The van der Waals surface area contributed by atoms with E-state index >= 15 is 0 Å². The first-order chi connectivity index (χ1) is 10.7. The molecule has 0 saturated carbocycles. The van der Waals surface area contributed by atoms with Crippen molar-refractivity contribution in [2.24, 2.45) is 0 Å². The number of hydrogen-bond donors (Lipinski definition) is 3. The van der Waals surface area contributed by atoms with Crippen LogP contribution in [0.1, 0.15) is 12.0 Å². The van der Waals surface area contributed by atoms with E-state index in [1.807, 2.05) is 31.2 Å². The van der Waals surface area contributed by atoms with E-state index in [-0.39, 0.29) is 11.8 Å². The van der Waals surface area contributed by atoms with Gasteiger partial charge < -0.3 is 20.5 Å². The Morgan fingerprint density at radius 1 is 1.14 bits per heavy atom. The highest BCUT2D eigenvalue weighted by Crippen LogP contribution is 2.21. The van der Waals surface area contributed by atoms with Gasteiger partial charge in [0.15, 0.2) is 0 Å². The number of urea groups is 1. The van der Waals surface area contributed by atoms with Crippen molar-refractivity contribution in [3.63, 3.8) is 0 Å². The average molecular weight is 300 g/mol. The Kier molecular flexibility index (Phi) is 5.65. The zero-order chi connectivity index (χ0) is 15.8. The lowest BCUT2D eigenvalue weighted by molar-refractivity contribution is 0.250. The molecule has 0 radical (unpaired) electrons. The van der Waals surface area contributed by atoms with Crippen molar-refractivity contribution in [3.05, 3.63) is 54.1 Å². The molecule has 0 bridgehead atoms. The minimum atomic E-state index is -0.350. The zero-order valence-electron chi connectivity index (χ0n) is 12.5. The van der Waals surface area contributed by atoms with Crippen LogP contribution in [-0.2, 0) is 0 Å². The van der Waals surface area contributed by atoms with Gasteiger partial charge in [-0.05, 0) is 37.1 Å². The van der Waals surface area contributed by atoms with Gasteiger partial charge in [-0.25, -0.2) is 4.79 Å². The topological polar surface area (TPSA) is 70.6 Å². The van der Waals surface area contributed by atoms with Gasteiger partial charge in [0.25, 0.3) is 0 Å². The van der Waals surface area contributed by atoms with Crippen LogP contribution in [0, 0.1) is 6.92 Å². The molecule has 0 atom stereocenters. The number of rotatable bonds is 6. The van der Waals surface area contributed by atoms with E-state index in [0.29, 0.717) is 25.3 Å². The van der Waals surface area contributed by atoms with Gasteiger partial charge in [0, 0.05) is 6.54 Å². The summed E-state index contributed by atoms with van der Waals surface area (Å²) in [6.07, 6.45) is 0.697. The van der Waals surface area contributed by atoms with Gasteiger partial charge in [-0.15, -0.1) is 0 Å². The second kappa shape index (κ2) is 7.93. The number of aromatic hydroxyl groups is 1. The van der Waals surface area contributed by atoms with Gasteiger partial charge in [0.1, 0.15) is 11.5 Å². The monoisotopic (exact) mass is 300 g/mol. The van der Waals surface area contributed by atoms with E-state index in [1.54, 1.807) is 18.2 Å². The normalized spacial score (nSPS) is 10.0. The van der Waals surface area contributed by atoms with Crippen molar-refractivity contribution in [2.45, 2.75) is 13.3 Å². The summed E-state index contributed by atoms with van der Waals surface area (Å²) in [5.74, 6) is 0.904. The number of nitrogens with one attached hydrogen (secondary N) is 2. The molecular weight excluding hydrogens is 280 g/mol. The highest BCUT2D eigenvalue weighted by atomic mass is 16.5. The fourth-order valence-electron chi connectivity index (χ4n) is 1.92. The summed E-state index contributed by atoms with van der Waals surface area (Å²) in [6, 6.07) is 14.1. The first-order valence-electron chi connectivity index (χ1n) is 7.18. The Morgan fingerprint density at radius 3 is 2.64 bits per heavy atom. The molecule has 2 aromatic carbocycles. The van der Waals surface area contributed by atoms with Crippen molar-refractivity contribution in [1.29, 1.82) is 0 Å². The fourth-order valence-corrected chi connectivity index (χ4v) is 1.92. The van der Waals surface area contributed by atoms with Crippen LogP contribution in [0.3, 0.4) is 0 Å². The number of anilines is 1. The summed E-state index contributed by atoms with van der Waals surface area (Å²) in [4.78, 5) is 11.7. The number of carbonyl (C=O) groups excluding carboxylic acids is 1. The number of amides is 2. The number of para-hydroxylation sites is 3. The number of phenols is 1. The number of hydrogen-bond acceptors (Lipinski definition) is 3. The maximum atomic E-state index is 11.7. The Balaban J connectivity index is 1.65. The molecule has 0 fully saturated rings. The van der Waals surface area contributed by atoms with Crippen LogP contribution in [-0.4, -0.2) is 24.3 Å². The van der Waals surface area contributed by atoms with E-state index in [9.17, 15) is 9.90 Å². The van der Waals surface area contributed by atoms with E-state index in [1.165, 1.54) is 6.07 Å². The summed E-state index contributed by atoms with van der Waals surface area (Å²) in [6.45, 7) is 3.01. The summed E-state index contributed by atoms with van der Waals surface area (Å²) in [7, 11) is 0. The van der Waals surface area contributed by atoms with Crippen molar-refractivity contribution in [1.82, 2.24) is 5.32 Å². The molecule has 0 heterocycles. The zero-order valence-corrected chi connectivity index (χ0v) is 12.5. The van der Waals surface area contributed by atoms with Crippen LogP contribution in [0.15, 0.2) is 48.5 Å². The number of ether oxygens (including phenoxy) is 1. The molecular formula is C17H20N2O3. The molecule has 5 heteroatoms. The molecule has 0 spiro atoms. The molecule has 2 aromatic rings. The average Bonchev–Trinajstić information content (AvgIpc) is 2.51. The molecule has 0 saturated heterocycles. The minimum Gasteiger partial charge on any atom is -0.506 e. The number of phenolic OH excluding ortho intramolecular Hbond substituents is 1. The summed E-state index contributed by atoms with van der Waals surface area (Å²) in [5.41, 5.74) is 1.48. The van der Waals surface area contributed by atoms with Gasteiger partial charge in [-0.2, -0.15) is 0 Å². The summed E-state index contributed by atoms with van der Waals surface area (Å²) < 4.78 is 5.64. The molecule has 2 amide bonds. The van der Waals surface area contributed by atoms with Crippen LogP contribution in [0.5, 0.6) is 11.5 Å². The summed E-state index contributed by atoms with van der Waals surface area (Å²) >= 11 is 0. The lowest BCUT2D eigenvalue weighted by Crippen LogP contribution is -2.30. The Morgan fingerprint density at radius 2 is 1.86 bits per heavy atom. The van der Waals surface area contributed by atoms with Gasteiger partial charge in [0.2, 0.25) is 0 Å². The van der Waals surface area contributed by atoms with Crippen molar-refractivity contribution in [3.8, 4) is 11.5 Å². The van der Waals surface area contributed by atoms with E-state index in [0.717, 1.165) is 11.3 Å². The number of carbonyl (C=O) groups is 1. The molecule has 0 aliphatic carbocycles. The molecule has 3 N–H and O–H groups in total. The molecule has 22 heavy (non-hydrogen) atoms. The molecule has 116 valence electrons. The molecule has 2 rings (SSSR count). The number of benzene rings is 2. The van der Waals surface area contributed by atoms with Gasteiger partial charge >= 0.3 is 6.03 Å². The second-order valence-corrected chi connectivity index (χ2v) is 4.87. The Labute approximate surface area is 129 Å². The van der Waals surface area contributed by atoms with Crippen LogP contribution in [0.4, 0.5) is 10.5 Å². The lowest BCUT2D eigenvalue weighted by Gasteiger charge is -2.10. The van der Waals surface area contributed by atoms with Crippen LogP contribution in [0.25, 0.3) is 0 Å². The predicted molar refractivity (Wildman–Crippen MR) is 86.4 cm³/mol. The lowest BCUT2D eigenvalue weighted by atomic mass is 10.2. The maximum absolute atomic E-state index is 11.7. The molecule has 5 nitrogen and oxygen atoms in total. The smallest absolute Gasteiger partial charge is 0.319 e.